The van der Waals surface area contributed by atoms with Crippen LogP contribution in [0.25, 0.3) is 0 Å². The molecule has 1 atom stereocenters. The van der Waals surface area contributed by atoms with Gasteiger partial charge in [0.2, 0.25) is 5.69 Å². The van der Waals surface area contributed by atoms with Gasteiger partial charge in [-0.3, -0.25) is 0 Å². The van der Waals surface area contributed by atoms with Gasteiger partial charge in [-0.1, -0.05) is 0 Å². The van der Waals surface area contributed by atoms with Gasteiger partial charge in [0.05, 0.1) is 6.42 Å². The lowest BCUT2D eigenvalue weighted by Gasteiger charge is -2.28. The van der Waals surface area contributed by atoms with E-state index >= 15 is 0 Å². The minimum atomic E-state index is -0.782. The summed E-state index contributed by atoms with van der Waals surface area (Å²) < 4.78 is 2.23. The van der Waals surface area contributed by atoms with Gasteiger partial charge in [-0.15, -0.1) is 0 Å². The van der Waals surface area contributed by atoms with E-state index in [9.17, 15) is 10.2 Å². The van der Waals surface area contributed by atoms with Gasteiger partial charge in [0.25, 0.3) is 0 Å². The second kappa shape index (κ2) is 8.21. The summed E-state index contributed by atoms with van der Waals surface area (Å²) in [6.45, 7) is 17.6. The van der Waals surface area contributed by atoms with E-state index < -0.39 is 6.10 Å². The summed E-state index contributed by atoms with van der Waals surface area (Å²) in [4.78, 5) is 2.23. The molecule has 188 valence electrons. The first kappa shape index (κ1) is 24.6. The van der Waals surface area contributed by atoms with Gasteiger partial charge in [-0.25, -0.2) is 0 Å². The van der Waals surface area contributed by atoms with Crippen LogP contribution in [-0.2, 0) is 12.8 Å². The number of hydrogen-bond donors (Lipinski definition) is 2. The quantitative estimate of drug-likeness (QED) is 0.506. The number of aliphatic hydroxyl groups is 2. The minimum absolute atomic E-state index is 0.206. The van der Waals surface area contributed by atoms with Crippen LogP contribution >= 0.6 is 0 Å². The molecule has 2 heterocycles. The Kier molecular flexibility index (Phi) is 5.60. The van der Waals surface area contributed by atoms with Crippen LogP contribution in [-0.4, -0.2) is 40.7 Å². The van der Waals surface area contributed by atoms with E-state index in [1.807, 2.05) is 12.2 Å². The summed E-state index contributed by atoms with van der Waals surface area (Å²) in [7, 11) is 4.18. The van der Waals surface area contributed by atoms with Gasteiger partial charge in [-0.05, 0) is 106 Å². The zero-order valence-electron chi connectivity index (χ0n) is 23.4. The highest BCUT2D eigenvalue weighted by Crippen LogP contribution is 2.44. The van der Waals surface area contributed by atoms with Gasteiger partial charge in [0.1, 0.15) is 18.9 Å². The van der Waals surface area contributed by atoms with Crippen LogP contribution in [0.3, 0.4) is 0 Å². The van der Waals surface area contributed by atoms with E-state index in [-0.39, 0.29) is 5.76 Å². The monoisotopic (exact) mass is 483 g/mol. The third-order valence-electron chi connectivity index (χ3n) is 9.59. The Morgan fingerprint density at radius 2 is 1.31 bits per heavy atom. The van der Waals surface area contributed by atoms with Crippen molar-refractivity contribution in [1.29, 1.82) is 0 Å². The number of anilines is 1. The van der Waals surface area contributed by atoms with Crippen molar-refractivity contribution in [3.8, 4) is 0 Å². The van der Waals surface area contributed by atoms with E-state index in [1.54, 1.807) is 0 Å². The van der Waals surface area contributed by atoms with Crippen molar-refractivity contribution in [2.75, 3.05) is 19.0 Å². The van der Waals surface area contributed by atoms with Gasteiger partial charge in [0, 0.05) is 53.2 Å². The van der Waals surface area contributed by atoms with E-state index in [1.165, 1.54) is 67.0 Å². The highest BCUT2D eigenvalue weighted by atomic mass is 16.3. The number of nitrogens with zero attached hydrogens (tertiary/aromatic N) is 2. The lowest BCUT2D eigenvalue weighted by molar-refractivity contribution is -0.401. The first-order valence-corrected chi connectivity index (χ1v) is 12.9. The van der Waals surface area contributed by atoms with Gasteiger partial charge < -0.3 is 15.1 Å². The molecule has 2 N–H and O–H groups in total. The van der Waals surface area contributed by atoms with E-state index in [4.69, 9.17) is 0 Å². The number of benzene rings is 2. The molecule has 2 aromatic rings. The summed E-state index contributed by atoms with van der Waals surface area (Å²) in [5.74, 6) is 0.206. The molecule has 1 unspecified atom stereocenters. The maximum atomic E-state index is 11.1. The van der Waals surface area contributed by atoms with E-state index in [0.29, 0.717) is 11.1 Å². The average Bonchev–Trinajstić information content (AvgIpc) is 3.37. The summed E-state index contributed by atoms with van der Waals surface area (Å²) in [5.41, 5.74) is 19.4. The molecule has 0 fully saturated rings. The molecule has 0 aromatic heterocycles. The van der Waals surface area contributed by atoms with Crippen LogP contribution in [0.4, 0.5) is 11.4 Å². The SMILES string of the molecule is Cc1c(C)c(C)c2c(c1C)CC(=CC1=C(O)C(=CC3=[N+](C)c4c(C)c(C)c(C)c(C)c4C3)C1O)N2C. The largest absolute Gasteiger partial charge is 0.507 e. The molecule has 0 saturated carbocycles. The minimum Gasteiger partial charge on any atom is -0.507 e. The normalized spacial score (nSPS) is 21.2. The average molecular weight is 484 g/mol. The fourth-order valence-corrected chi connectivity index (χ4v) is 6.43. The third-order valence-corrected chi connectivity index (χ3v) is 9.59. The molecule has 2 aliphatic heterocycles. The van der Waals surface area contributed by atoms with Crippen LogP contribution in [0, 0.1) is 55.4 Å². The van der Waals surface area contributed by atoms with E-state index in [2.05, 4.69) is 79.0 Å². The molecule has 0 radical (unpaired) electrons. The fourth-order valence-electron chi connectivity index (χ4n) is 6.43. The molecule has 3 aliphatic rings. The lowest BCUT2D eigenvalue weighted by Crippen LogP contribution is -2.29. The standard InChI is InChI=1S/C32H38N2O2/c1-15-17(3)21(7)29-25(19(15)5)11-23(33(29)9)13-27-31(35)28(32(27)36)14-24-12-26-20(6)16(2)18(4)22(8)30(26)34(24)10/h13-14,31,35H,11-12H2,1-10H3/p+1. The van der Waals surface area contributed by atoms with Crippen molar-refractivity contribution < 1.29 is 14.8 Å². The fraction of sp³-hybridized carbons (Fsp3) is 0.406. The summed E-state index contributed by atoms with van der Waals surface area (Å²) in [5, 5.41) is 22.1. The van der Waals surface area contributed by atoms with Crippen molar-refractivity contribution in [3.05, 3.63) is 90.4 Å². The summed E-state index contributed by atoms with van der Waals surface area (Å²) in [6.07, 6.45) is 4.82. The lowest BCUT2D eigenvalue weighted by atomic mass is 9.84. The number of aliphatic hydroxyl groups excluding tert-OH is 2. The topological polar surface area (TPSA) is 46.7 Å². The predicted molar refractivity (Wildman–Crippen MR) is 149 cm³/mol. The smallest absolute Gasteiger partial charge is 0.212 e. The van der Waals surface area contributed by atoms with Crippen molar-refractivity contribution in [2.45, 2.75) is 74.3 Å². The van der Waals surface area contributed by atoms with Crippen LogP contribution in [0.15, 0.2) is 34.8 Å². The van der Waals surface area contributed by atoms with Gasteiger partial charge in [0.15, 0.2) is 5.71 Å². The molecule has 4 nitrogen and oxygen atoms in total. The molecule has 0 spiro atoms. The molecule has 0 amide bonds. The van der Waals surface area contributed by atoms with Gasteiger partial charge in [-0.2, -0.15) is 4.58 Å². The highest BCUT2D eigenvalue weighted by molar-refractivity contribution is 5.98. The molecule has 36 heavy (non-hydrogen) atoms. The zero-order valence-corrected chi connectivity index (χ0v) is 23.4. The Bertz CT molecular complexity index is 1500. The maximum absolute atomic E-state index is 11.1. The van der Waals surface area contributed by atoms with Crippen molar-refractivity contribution in [2.24, 2.45) is 0 Å². The molecule has 0 saturated heterocycles. The Balaban J connectivity index is 1.50. The van der Waals surface area contributed by atoms with Crippen LogP contribution in [0.1, 0.15) is 55.6 Å². The Labute approximate surface area is 215 Å². The third kappa shape index (κ3) is 3.20. The molecule has 1 aliphatic carbocycles. The molecule has 2 aromatic carbocycles. The second-order valence-electron chi connectivity index (χ2n) is 11.1. The van der Waals surface area contributed by atoms with Crippen molar-refractivity contribution in [1.82, 2.24) is 0 Å². The molecule has 0 bridgehead atoms. The Morgan fingerprint density at radius 1 is 0.750 bits per heavy atom. The molecule has 5 rings (SSSR count). The number of allylic oxidation sites excluding steroid dienone is 2. The number of hydrogen-bond acceptors (Lipinski definition) is 3. The van der Waals surface area contributed by atoms with Crippen molar-refractivity contribution >= 4 is 17.1 Å². The summed E-state index contributed by atoms with van der Waals surface area (Å²) >= 11 is 0. The first-order chi connectivity index (χ1) is 16.9. The predicted octanol–water partition coefficient (Wildman–Crippen LogP) is 6.11. The van der Waals surface area contributed by atoms with Crippen molar-refractivity contribution in [3.63, 3.8) is 0 Å². The van der Waals surface area contributed by atoms with Crippen LogP contribution in [0.5, 0.6) is 0 Å². The number of fused-ring (bicyclic) bond motifs is 2. The molecular formula is C32H39N2O2+. The number of rotatable bonds is 2. The van der Waals surface area contributed by atoms with Crippen LogP contribution in [0.2, 0.25) is 0 Å². The molecular weight excluding hydrogens is 444 g/mol. The number of likely N-dealkylation sites (N-methyl/N-ethyl adjacent to an activating group) is 1. The Hall–Kier alpha value is -3.11. The highest BCUT2D eigenvalue weighted by Gasteiger charge is 2.38. The Morgan fingerprint density at radius 3 is 1.92 bits per heavy atom. The van der Waals surface area contributed by atoms with Gasteiger partial charge >= 0.3 is 0 Å². The van der Waals surface area contributed by atoms with E-state index in [0.717, 1.165) is 24.3 Å². The second-order valence-corrected chi connectivity index (χ2v) is 11.1. The maximum Gasteiger partial charge on any atom is 0.212 e. The molecule has 4 heteroatoms. The first-order valence-electron chi connectivity index (χ1n) is 12.9. The zero-order chi connectivity index (χ0) is 26.4. The van der Waals surface area contributed by atoms with Crippen LogP contribution < -0.4 is 4.90 Å². The summed E-state index contributed by atoms with van der Waals surface area (Å²) in [6, 6.07) is 0.